The van der Waals surface area contributed by atoms with Crippen molar-refractivity contribution in [2.45, 2.75) is 26.2 Å². The lowest BCUT2D eigenvalue weighted by atomic mass is 9.86. The average Bonchev–Trinajstić information content (AvgIpc) is 2.64. The Bertz CT molecular complexity index is 876. The predicted molar refractivity (Wildman–Crippen MR) is 103 cm³/mol. The summed E-state index contributed by atoms with van der Waals surface area (Å²) in [5, 5.41) is 10.7. The van der Waals surface area contributed by atoms with Crippen LogP contribution in [-0.2, 0) is 14.9 Å². The molecule has 0 saturated heterocycles. The fourth-order valence-electron chi connectivity index (χ4n) is 2.33. The van der Waals surface area contributed by atoms with Crippen LogP contribution in [0.5, 0.6) is 0 Å². The number of ether oxygens (including phenoxy) is 1. The number of nitrogens with zero attached hydrogens (tertiary/aromatic N) is 1. The second-order valence-corrected chi connectivity index (χ2v) is 7.04. The number of Topliss-reactive ketones (excluding diaryl/α,β-unsaturated/α-hetero) is 1. The molecule has 140 valence electrons. The quantitative estimate of drug-likeness (QED) is 0.249. The minimum atomic E-state index is -0.693. The maximum Gasteiger partial charge on any atom is 0.331 e. The molecule has 0 aromatic heterocycles. The summed E-state index contributed by atoms with van der Waals surface area (Å²) in [6.45, 7) is 5.88. The fraction of sp³-hybridized carbons (Fsp3) is 0.238. The van der Waals surface area contributed by atoms with Crippen LogP contribution in [0.3, 0.4) is 0 Å². The van der Waals surface area contributed by atoms with Crippen LogP contribution in [0.1, 0.15) is 42.3 Å². The molecule has 0 bridgehead atoms. The highest BCUT2D eigenvalue weighted by atomic mass is 16.6. The Morgan fingerprint density at radius 3 is 2.37 bits per heavy atom. The Morgan fingerprint density at radius 2 is 1.78 bits per heavy atom. The molecule has 0 N–H and O–H groups in total. The number of benzene rings is 2. The van der Waals surface area contributed by atoms with E-state index in [4.69, 9.17) is 4.74 Å². The molecule has 0 unspecified atom stereocenters. The molecule has 2 aromatic carbocycles. The van der Waals surface area contributed by atoms with Crippen LogP contribution in [0.15, 0.2) is 54.6 Å². The number of esters is 1. The first-order valence-electron chi connectivity index (χ1n) is 8.40. The molecule has 0 radical (unpaired) electrons. The summed E-state index contributed by atoms with van der Waals surface area (Å²) in [5.41, 5.74) is 1.99. The van der Waals surface area contributed by atoms with E-state index >= 15 is 0 Å². The normalized spacial score (nSPS) is 11.4. The first-order valence-corrected chi connectivity index (χ1v) is 8.40. The number of nitro groups is 1. The van der Waals surface area contributed by atoms with Gasteiger partial charge < -0.3 is 4.74 Å². The Hall–Kier alpha value is -3.28. The summed E-state index contributed by atoms with van der Waals surface area (Å²) in [6, 6.07) is 13.1. The third-order valence-corrected chi connectivity index (χ3v) is 3.91. The van der Waals surface area contributed by atoms with Gasteiger partial charge in [0, 0.05) is 23.8 Å². The van der Waals surface area contributed by atoms with E-state index in [0.29, 0.717) is 11.1 Å². The van der Waals surface area contributed by atoms with E-state index in [0.717, 1.165) is 11.6 Å². The molecule has 2 aromatic rings. The maximum atomic E-state index is 12.1. The summed E-state index contributed by atoms with van der Waals surface area (Å²) >= 11 is 0. The Labute approximate surface area is 157 Å². The van der Waals surface area contributed by atoms with Gasteiger partial charge in [0.25, 0.3) is 5.69 Å². The molecule has 0 fully saturated rings. The average molecular weight is 367 g/mol. The van der Waals surface area contributed by atoms with Gasteiger partial charge in [0.1, 0.15) is 0 Å². The number of carbonyl (C=O) groups excluding carboxylic acids is 2. The van der Waals surface area contributed by atoms with Gasteiger partial charge in [-0.3, -0.25) is 14.9 Å². The number of nitro benzene ring substituents is 1. The number of ketones is 1. The van der Waals surface area contributed by atoms with E-state index in [1.807, 2.05) is 12.1 Å². The zero-order valence-corrected chi connectivity index (χ0v) is 15.5. The molecule has 0 atom stereocenters. The zero-order chi connectivity index (χ0) is 20.0. The van der Waals surface area contributed by atoms with Gasteiger partial charge in [0.05, 0.1) is 4.92 Å². The minimum Gasteiger partial charge on any atom is -0.454 e. The minimum absolute atomic E-state index is 0.00858. The van der Waals surface area contributed by atoms with Gasteiger partial charge in [-0.2, -0.15) is 0 Å². The van der Waals surface area contributed by atoms with E-state index < -0.39 is 10.9 Å². The summed E-state index contributed by atoms with van der Waals surface area (Å²) in [6.07, 6.45) is 2.53. The van der Waals surface area contributed by atoms with Crippen LogP contribution < -0.4 is 0 Å². The van der Waals surface area contributed by atoms with Crippen molar-refractivity contribution in [1.82, 2.24) is 0 Å². The Morgan fingerprint density at radius 1 is 1.11 bits per heavy atom. The third kappa shape index (κ3) is 5.88. The number of hydrogen-bond acceptors (Lipinski definition) is 5. The lowest BCUT2D eigenvalue weighted by Crippen LogP contribution is -2.14. The van der Waals surface area contributed by atoms with Gasteiger partial charge in [-0.05, 0) is 22.6 Å². The standard InChI is InChI=1S/C21H21NO5/c1-21(2,3)17-10-8-16(9-11-17)19(23)14-27-20(24)12-7-15-5-4-6-18(13-15)22(25)26/h4-13H,14H2,1-3H3/b12-7+. The highest BCUT2D eigenvalue weighted by Gasteiger charge is 2.15. The molecule has 0 aliphatic rings. The van der Waals surface area contributed by atoms with E-state index in [-0.39, 0.29) is 23.5 Å². The van der Waals surface area contributed by atoms with Crippen LogP contribution in [0, 0.1) is 10.1 Å². The fourth-order valence-corrected chi connectivity index (χ4v) is 2.33. The van der Waals surface area contributed by atoms with Crippen LogP contribution in [-0.4, -0.2) is 23.3 Å². The van der Waals surface area contributed by atoms with Crippen molar-refractivity contribution in [1.29, 1.82) is 0 Å². The molecule has 27 heavy (non-hydrogen) atoms. The van der Waals surface area contributed by atoms with Gasteiger partial charge in [-0.15, -0.1) is 0 Å². The summed E-state index contributed by atoms with van der Waals surface area (Å²) in [4.78, 5) is 34.1. The SMILES string of the molecule is CC(C)(C)c1ccc(C(=O)COC(=O)/C=C/c2cccc([N+](=O)[O-])c2)cc1. The van der Waals surface area contributed by atoms with Gasteiger partial charge in [0.15, 0.2) is 12.4 Å². The molecule has 0 spiro atoms. The van der Waals surface area contributed by atoms with E-state index in [1.165, 1.54) is 24.3 Å². The summed E-state index contributed by atoms with van der Waals surface area (Å²) in [7, 11) is 0. The third-order valence-electron chi connectivity index (χ3n) is 3.91. The van der Waals surface area contributed by atoms with Gasteiger partial charge in [-0.25, -0.2) is 4.79 Å². The monoisotopic (exact) mass is 367 g/mol. The van der Waals surface area contributed by atoms with Crippen LogP contribution in [0.25, 0.3) is 6.08 Å². The molecule has 2 rings (SSSR count). The van der Waals surface area contributed by atoms with Crippen molar-refractivity contribution in [3.05, 3.63) is 81.4 Å². The molecule has 0 amide bonds. The van der Waals surface area contributed by atoms with E-state index in [2.05, 4.69) is 20.8 Å². The zero-order valence-electron chi connectivity index (χ0n) is 15.5. The second-order valence-electron chi connectivity index (χ2n) is 7.04. The van der Waals surface area contributed by atoms with Crippen molar-refractivity contribution < 1.29 is 19.2 Å². The Kier molecular flexibility index (Phi) is 6.23. The highest BCUT2D eigenvalue weighted by Crippen LogP contribution is 2.22. The van der Waals surface area contributed by atoms with Crippen LogP contribution in [0.2, 0.25) is 0 Å². The van der Waals surface area contributed by atoms with Crippen molar-refractivity contribution in [3.63, 3.8) is 0 Å². The van der Waals surface area contributed by atoms with Gasteiger partial charge in [-0.1, -0.05) is 57.2 Å². The number of rotatable bonds is 6. The van der Waals surface area contributed by atoms with Crippen LogP contribution >= 0.6 is 0 Å². The number of hydrogen-bond donors (Lipinski definition) is 0. The van der Waals surface area contributed by atoms with Crippen LogP contribution in [0.4, 0.5) is 5.69 Å². The second kappa shape index (κ2) is 8.40. The topological polar surface area (TPSA) is 86.5 Å². The number of non-ortho nitro benzene ring substituents is 1. The molecular weight excluding hydrogens is 346 g/mol. The van der Waals surface area contributed by atoms with E-state index in [9.17, 15) is 19.7 Å². The molecule has 0 saturated carbocycles. The predicted octanol–water partition coefficient (Wildman–Crippen LogP) is 4.33. The molecular formula is C21H21NO5. The lowest BCUT2D eigenvalue weighted by Gasteiger charge is -2.18. The van der Waals surface area contributed by atoms with Crippen molar-refractivity contribution in [3.8, 4) is 0 Å². The largest absolute Gasteiger partial charge is 0.454 e. The van der Waals surface area contributed by atoms with Crippen molar-refractivity contribution in [2.24, 2.45) is 0 Å². The summed E-state index contributed by atoms with van der Waals surface area (Å²) in [5.74, 6) is -0.992. The van der Waals surface area contributed by atoms with E-state index in [1.54, 1.807) is 18.2 Å². The van der Waals surface area contributed by atoms with Crippen molar-refractivity contribution >= 4 is 23.5 Å². The highest BCUT2D eigenvalue weighted by molar-refractivity contribution is 5.98. The van der Waals surface area contributed by atoms with Crippen molar-refractivity contribution in [2.75, 3.05) is 6.61 Å². The molecule has 0 heterocycles. The maximum absolute atomic E-state index is 12.1. The first kappa shape index (κ1) is 20.0. The molecule has 0 aliphatic heterocycles. The number of carbonyl (C=O) groups is 2. The van der Waals surface area contributed by atoms with Gasteiger partial charge >= 0.3 is 5.97 Å². The first-order chi connectivity index (χ1) is 12.7. The smallest absolute Gasteiger partial charge is 0.331 e. The Balaban J connectivity index is 1.92. The molecule has 6 heteroatoms. The lowest BCUT2D eigenvalue weighted by molar-refractivity contribution is -0.384. The van der Waals surface area contributed by atoms with Gasteiger partial charge in [0.2, 0.25) is 0 Å². The molecule has 0 aliphatic carbocycles. The summed E-state index contributed by atoms with van der Waals surface area (Å²) < 4.78 is 4.95. The molecule has 6 nitrogen and oxygen atoms in total.